The van der Waals surface area contributed by atoms with E-state index in [1.54, 1.807) is 33.8 Å². The minimum absolute atomic E-state index is 0.0298. The third kappa shape index (κ3) is 16.6. The van der Waals surface area contributed by atoms with Crippen LogP contribution in [-0.4, -0.2) is 99.2 Å². The lowest BCUT2D eigenvalue weighted by molar-refractivity contribution is -0.172. The Bertz CT molecular complexity index is 641. The highest BCUT2D eigenvalue weighted by Gasteiger charge is 2.41. The van der Waals surface area contributed by atoms with E-state index < -0.39 is 32.0 Å². The zero-order chi connectivity index (χ0) is 27.7. The Labute approximate surface area is 230 Å². The lowest BCUT2D eigenvalue weighted by Crippen LogP contribution is -2.43. The minimum atomic E-state index is -1.40. The summed E-state index contributed by atoms with van der Waals surface area (Å²) in [4.78, 5) is 37.1. The Morgan fingerprint density at radius 2 is 0.972 bits per heavy atom. The molecular weight excluding hydrogens is 608 g/mol. The highest BCUT2D eigenvalue weighted by molar-refractivity contribution is 9.10. The number of ether oxygens (including phenoxy) is 7. The largest absolute Gasteiger partial charge is 0.463 e. The number of alkyl halides is 2. The molecule has 0 bridgehead atoms. The third-order valence-corrected chi connectivity index (χ3v) is 4.97. The molecule has 0 atom stereocenters. The molecule has 0 aliphatic rings. The summed E-state index contributed by atoms with van der Waals surface area (Å²) in [5.74, 6) is -1.82. The molecule has 0 N–H and O–H groups in total. The van der Waals surface area contributed by atoms with Crippen LogP contribution in [0.1, 0.15) is 34.6 Å². The lowest BCUT2D eigenvalue weighted by Gasteiger charge is -2.28. The van der Waals surface area contributed by atoms with Gasteiger partial charge in [0.05, 0.1) is 52.9 Å². The van der Waals surface area contributed by atoms with Crippen LogP contribution in [-0.2, 0) is 47.5 Å². The van der Waals surface area contributed by atoms with Crippen LogP contribution in [0.4, 0.5) is 0 Å². The van der Waals surface area contributed by atoms with Crippen molar-refractivity contribution in [1.29, 1.82) is 0 Å². The molecule has 12 heteroatoms. The second-order valence-corrected chi connectivity index (χ2v) is 13.0. The van der Waals surface area contributed by atoms with Crippen molar-refractivity contribution in [2.24, 2.45) is 5.41 Å². The van der Waals surface area contributed by atoms with Crippen LogP contribution in [0.25, 0.3) is 0 Å². The van der Waals surface area contributed by atoms with Crippen molar-refractivity contribution < 1.29 is 47.5 Å². The van der Waals surface area contributed by atoms with E-state index in [1.165, 1.54) is 6.92 Å². The van der Waals surface area contributed by atoms with Gasteiger partial charge in [0.2, 0.25) is 0 Å². The van der Waals surface area contributed by atoms with Crippen LogP contribution in [0, 0.1) is 5.41 Å². The quantitative estimate of drug-likeness (QED) is 0.0605. The maximum atomic E-state index is 12.8. The van der Waals surface area contributed by atoms with Crippen molar-refractivity contribution in [1.82, 2.24) is 0 Å². The van der Waals surface area contributed by atoms with Gasteiger partial charge in [0.1, 0.15) is 33.9 Å². The average Bonchev–Trinajstić information content (AvgIpc) is 2.79. The van der Waals surface area contributed by atoms with E-state index in [-0.39, 0.29) is 26.4 Å². The molecule has 0 aliphatic heterocycles. The fourth-order valence-electron chi connectivity index (χ4n) is 2.15. The van der Waals surface area contributed by atoms with E-state index in [0.29, 0.717) is 46.2 Å². The second-order valence-electron chi connectivity index (χ2n) is 8.99. The van der Waals surface area contributed by atoms with Gasteiger partial charge in [0.15, 0.2) is 0 Å². The molecule has 210 valence electrons. The standard InChI is InChI=1S/C24H40Br2O10/c1-7-8-30-9-10-31-11-12-32-13-14-33-15-16-34-21(29)24(6,17-35-19(27)22(2,3)25)18-36-20(28)23(4,5)26/h7H,1,8-18H2,2-6H3. The van der Waals surface area contributed by atoms with Gasteiger partial charge in [-0.2, -0.15) is 0 Å². The topological polar surface area (TPSA) is 116 Å². The summed E-state index contributed by atoms with van der Waals surface area (Å²) in [6.45, 7) is 14.0. The van der Waals surface area contributed by atoms with Crippen LogP contribution >= 0.6 is 31.9 Å². The summed E-state index contributed by atoms with van der Waals surface area (Å²) in [7, 11) is 0. The van der Waals surface area contributed by atoms with E-state index in [9.17, 15) is 14.4 Å². The molecule has 0 unspecified atom stereocenters. The monoisotopic (exact) mass is 646 g/mol. The molecule has 0 saturated heterocycles. The van der Waals surface area contributed by atoms with Crippen LogP contribution in [0.3, 0.4) is 0 Å². The first-order valence-electron chi connectivity index (χ1n) is 11.6. The predicted molar refractivity (Wildman–Crippen MR) is 140 cm³/mol. The van der Waals surface area contributed by atoms with E-state index in [2.05, 4.69) is 38.4 Å². The summed E-state index contributed by atoms with van der Waals surface area (Å²) in [5, 5.41) is 0. The second kappa shape index (κ2) is 18.2. The third-order valence-electron chi connectivity index (χ3n) is 4.32. The molecule has 0 spiro atoms. The fourth-order valence-corrected chi connectivity index (χ4v) is 2.38. The normalized spacial score (nSPS) is 12.2. The summed E-state index contributed by atoms with van der Waals surface area (Å²) in [5.41, 5.74) is -1.40. The van der Waals surface area contributed by atoms with Gasteiger partial charge >= 0.3 is 17.9 Å². The molecule has 0 radical (unpaired) electrons. The van der Waals surface area contributed by atoms with Gasteiger partial charge in [0.25, 0.3) is 0 Å². The van der Waals surface area contributed by atoms with Crippen molar-refractivity contribution in [3.8, 4) is 0 Å². The van der Waals surface area contributed by atoms with E-state index in [1.807, 2.05) is 0 Å². The molecule has 0 heterocycles. The maximum Gasteiger partial charge on any atom is 0.322 e. The first-order chi connectivity index (χ1) is 16.7. The Morgan fingerprint density at radius 3 is 1.33 bits per heavy atom. The van der Waals surface area contributed by atoms with Crippen molar-refractivity contribution >= 4 is 49.8 Å². The van der Waals surface area contributed by atoms with Crippen LogP contribution in [0.15, 0.2) is 12.7 Å². The Hall–Kier alpha value is -1.05. The first-order valence-corrected chi connectivity index (χ1v) is 13.1. The highest BCUT2D eigenvalue weighted by Crippen LogP contribution is 2.25. The maximum absolute atomic E-state index is 12.8. The molecule has 0 fully saturated rings. The summed E-state index contributed by atoms with van der Waals surface area (Å²) in [6.07, 6.45) is 1.68. The van der Waals surface area contributed by atoms with Gasteiger partial charge in [0, 0.05) is 0 Å². The Kier molecular flexibility index (Phi) is 17.7. The molecule has 0 aromatic rings. The molecule has 0 saturated carbocycles. The molecule has 0 rings (SSSR count). The molecule has 0 aromatic carbocycles. The number of rotatable bonds is 21. The fraction of sp³-hybridized carbons (Fsp3) is 0.792. The van der Waals surface area contributed by atoms with Crippen LogP contribution in [0.5, 0.6) is 0 Å². The summed E-state index contributed by atoms with van der Waals surface area (Å²) < 4.78 is 35.3. The lowest BCUT2D eigenvalue weighted by atomic mass is 9.93. The highest BCUT2D eigenvalue weighted by atomic mass is 79.9. The average molecular weight is 648 g/mol. The zero-order valence-electron chi connectivity index (χ0n) is 21.9. The smallest absolute Gasteiger partial charge is 0.322 e. The van der Waals surface area contributed by atoms with Crippen molar-refractivity contribution in [3.63, 3.8) is 0 Å². The minimum Gasteiger partial charge on any atom is -0.463 e. The van der Waals surface area contributed by atoms with Crippen LogP contribution < -0.4 is 0 Å². The molecule has 0 aromatic heterocycles. The van der Waals surface area contributed by atoms with E-state index in [0.717, 1.165) is 0 Å². The number of halogens is 2. The van der Waals surface area contributed by atoms with Crippen LogP contribution in [0.2, 0.25) is 0 Å². The van der Waals surface area contributed by atoms with E-state index in [4.69, 9.17) is 33.2 Å². The number of carbonyl (C=O) groups is 3. The summed E-state index contributed by atoms with van der Waals surface area (Å²) >= 11 is 6.43. The number of hydrogen-bond donors (Lipinski definition) is 0. The van der Waals surface area contributed by atoms with Gasteiger partial charge in [-0.3, -0.25) is 14.4 Å². The first kappa shape index (κ1) is 35.0. The SMILES string of the molecule is C=CCOCCOCCOCCOCCOC(=O)C(C)(COC(=O)C(C)(C)Br)COC(=O)C(C)(C)Br. The predicted octanol–water partition coefficient (Wildman–Crippen LogP) is 3.22. The Morgan fingerprint density at radius 1 is 0.611 bits per heavy atom. The number of hydrogen-bond acceptors (Lipinski definition) is 10. The van der Waals surface area contributed by atoms with Crippen molar-refractivity contribution in [2.45, 2.75) is 43.3 Å². The van der Waals surface area contributed by atoms with Crippen molar-refractivity contribution in [2.75, 3.05) is 72.7 Å². The molecular formula is C24H40Br2O10. The number of carbonyl (C=O) groups excluding carboxylic acids is 3. The van der Waals surface area contributed by atoms with Crippen molar-refractivity contribution in [3.05, 3.63) is 12.7 Å². The van der Waals surface area contributed by atoms with Gasteiger partial charge in [-0.25, -0.2) is 0 Å². The zero-order valence-corrected chi connectivity index (χ0v) is 25.1. The van der Waals surface area contributed by atoms with E-state index >= 15 is 0 Å². The number of esters is 3. The molecule has 0 aliphatic carbocycles. The van der Waals surface area contributed by atoms with Gasteiger partial charge in [-0.15, -0.1) is 6.58 Å². The van der Waals surface area contributed by atoms with Gasteiger partial charge < -0.3 is 33.2 Å². The molecule has 10 nitrogen and oxygen atoms in total. The molecule has 36 heavy (non-hydrogen) atoms. The Balaban J connectivity index is 4.36. The van der Waals surface area contributed by atoms with Gasteiger partial charge in [-0.05, 0) is 34.6 Å². The van der Waals surface area contributed by atoms with Gasteiger partial charge in [-0.1, -0.05) is 37.9 Å². The molecule has 0 amide bonds. The summed E-state index contributed by atoms with van der Waals surface area (Å²) in [6, 6.07) is 0.